The van der Waals surface area contributed by atoms with Gasteiger partial charge in [-0.15, -0.1) is 0 Å². The van der Waals surface area contributed by atoms with Gasteiger partial charge in [0, 0.05) is 13.2 Å². The average molecular weight is 212 g/mol. The van der Waals surface area contributed by atoms with Gasteiger partial charge in [0.25, 0.3) is 5.91 Å². The smallest absolute Gasteiger partial charge is 0.252 e. The molecule has 4 heteroatoms. The van der Waals surface area contributed by atoms with Crippen molar-refractivity contribution in [2.45, 2.75) is 37.8 Å². The second-order valence-electron chi connectivity index (χ2n) is 4.74. The number of nitrogens with one attached hydrogen (secondary N) is 2. The van der Waals surface area contributed by atoms with Gasteiger partial charge in [-0.25, -0.2) is 0 Å². The summed E-state index contributed by atoms with van der Waals surface area (Å²) in [5.41, 5.74) is -0.576. The first-order chi connectivity index (χ1) is 7.18. The van der Waals surface area contributed by atoms with Crippen molar-refractivity contribution in [1.82, 2.24) is 10.6 Å². The quantitative estimate of drug-likeness (QED) is 0.706. The third-order valence-electron chi connectivity index (χ3n) is 3.64. The molecular formula is C11H20N2O2. The molecule has 1 heterocycles. The second kappa shape index (κ2) is 4.10. The third-order valence-corrected chi connectivity index (χ3v) is 3.64. The Morgan fingerprint density at radius 2 is 2.07 bits per heavy atom. The number of carbonyl (C=O) groups is 1. The van der Waals surface area contributed by atoms with Crippen LogP contribution < -0.4 is 10.6 Å². The van der Waals surface area contributed by atoms with E-state index >= 15 is 0 Å². The number of hydrogen-bond donors (Lipinski definition) is 2. The Kier molecular flexibility index (Phi) is 2.98. The lowest BCUT2D eigenvalue weighted by molar-refractivity contribution is -0.146. The number of piperidine rings is 1. The fourth-order valence-electron chi connectivity index (χ4n) is 2.18. The van der Waals surface area contributed by atoms with E-state index in [9.17, 15) is 4.79 Å². The SMILES string of the molecule is COC1(C(=O)NC2CC2C)CCNCC1. The molecular weight excluding hydrogens is 192 g/mol. The van der Waals surface area contributed by atoms with Gasteiger partial charge in [0.05, 0.1) is 0 Å². The highest BCUT2D eigenvalue weighted by Gasteiger charge is 2.43. The van der Waals surface area contributed by atoms with E-state index in [1.165, 1.54) is 0 Å². The van der Waals surface area contributed by atoms with Crippen molar-refractivity contribution in [2.75, 3.05) is 20.2 Å². The van der Waals surface area contributed by atoms with Crippen LogP contribution in [-0.2, 0) is 9.53 Å². The molecule has 1 aliphatic heterocycles. The molecule has 0 bridgehead atoms. The van der Waals surface area contributed by atoms with Gasteiger partial charge in [-0.3, -0.25) is 4.79 Å². The minimum Gasteiger partial charge on any atom is -0.368 e. The van der Waals surface area contributed by atoms with Crippen LogP contribution in [0.25, 0.3) is 0 Å². The van der Waals surface area contributed by atoms with Gasteiger partial charge in [0.15, 0.2) is 0 Å². The lowest BCUT2D eigenvalue weighted by Crippen LogP contribution is -2.54. The number of methoxy groups -OCH3 is 1. The van der Waals surface area contributed by atoms with E-state index < -0.39 is 5.60 Å². The van der Waals surface area contributed by atoms with E-state index in [2.05, 4.69) is 17.6 Å². The monoisotopic (exact) mass is 212 g/mol. The van der Waals surface area contributed by atoms with Crippen LogP contribution in [0.4, 0.5) is 0 Å². The summed E-state index contributed by atoms with van der Waals surface area (Å²) in [5, 5.41) is 6.32. The van der Waals surface area contributed by atoms with Crippen LogP contribution in [0.1, 0.15) is 26.2 Å². The predicted octanol–water partition coefficient (Wildman–Crippen LogP) is 0.280. The minimum atomic E-state index is -0.576. The Hall–Kier alpha value is -0.610. The van der Waals surface area contributed by atoms with Crippen molar-refractivity contribution in [3.8, 4) is 0 Å². The van der Waals surface area contributed by atoms with Gasteiger partial charge in [-0.2, -0.15) is 0 Å². The highest BCUT2D eigenvalue weighted by molar-refractivity contribution is 5.86. The maximum absolute atomic E-state index is 12.1. The molecule has 1 saturated heterocycles. The molecule has 0 aromatic rings. The molecule has 2 fully saturated rings. The van der Waals surface area contributed by atoms with Crippen LogP contribution in [0.2, 0.25) is 0 Å². The number of ether oxygens (including phenoxy) is 1. The lowest BCUT2D eigenvalue weighted by Gasteiger charge is -2.34. The van der Waals surface area contributed by atoms with Gasteiger partial charge < -0.3 is 15.4 Å². The maximum atomic E-state index is 12.1. The summed E-state index contributed by atoms with van der Waals surface area (Å²) in [6, 6.07) is 0.388. The standard InChI is InChI=1S/C11H20N2O2/c1-8-7-9(8)13-10(14)11(15-2)3-5-12-6-4-11/h8-9,12H,3-7H2,1-2H3,(H,13,14). The first kappa shape index (κ1) is 10.9. The van der Waals surface area contributed by atoms with Crippen molar-refractivity contribution in [3.63, 3.8) is 0 Å². The number of hydrogen-bond acceptors (Lipinski definition) is 3. The predicted molar refractivity (Wildman–Crippen MR) is 57.6 cm³/mol. The fraction of sp³-hybridized carbons (Fsp3) is 0.909. The molecule has 0 spiro atoms. The zero-order valence-corrected chi connectivity index (χ0v) is 9.51. The molecule has 1 amide bonds. The zero-order chi connectivity index (χ0) is 10.9. The van der Waals surface area contributed by atoms with Crippen LogP contribution in [0.15, 0.2) is 0 Å². The Bertz CT molecular complexity index is 249. The van der Waals surface area contributed by atoms with Gasteiger partial charge >= 0.3 is 0 Å². The highest BCUT2D eigenvalue weighted by atomic mass is 16.5. The second-order valence-corrected chi connectivity index (χ2v) is 4.74. The normalized spacial score (nSPS) is 33.5. The molecule has 2 rings (SSSR count). The van der Waals surface area contributed by atoms with Crippen molar-refractivity contribution in [2.24, 2.45) is 5.92 Å². The average Bonchev–Trinajstić information content (AvgIpc) is 2.95. The van der Waals surface area contributed by atoms with Crippen molar-refractivity contribution < 1.29 is 9.53 Å². The summed E-state index contributed by atoms with van der Waals surface area (Å²) in [5.74, 6) is 0.727. The molecule has 2 aliphatic rings. The van der Waals surface area contributed by atoms with Crippen molar-refractivity contribution in [1.29, 1.82) is 0 Å². The molecule has 4 nitrogen and oxygen atoms in total. The molecule has 15 heavy (non-hydrogen) atoms. The van der Waals surface area contributed by atoms with E-state index in [-0.39, 0.29) is 5.91 Å². The summed E-state index contributed by atoms with van der Waals surface area (Å²) >= 11 is 0. The molecule has 2 atom stereocenters. The fourth-order valence-corrected chi connectivity index (χ4v) is 2.18. The van der Waals surface area contributed by atoms with Crippen LogP contribution >= 0.6 is 0 Å². The summed E-state index contributed by atoms with van der Waals surface area (Å²) < 4.78 is 5.45. The number of rotatable bonds is 3. The first-order valence-corrected chi connectivity index (χ1v) is 5.75. The Balaban J connectivity index is 1.94. The minimum absolute atomic E-state index is 0.0841. The van der Waals surface area contributed by atoms with Crippen molar-refractivity contribution >= 4 is 5.91 Å². The van der Waals surface area contributed by atoms with Gasteiger partial charge in [0.1, 0.15) is 5.60 Å². The van der Waals surface area contributed by atoms with Gasteiger partial charge in [-0.1, -0.05) is 6.92 Å². The van der Waals surface area contributed by atoms with E-state index in [0.29, 0.717) is 12.0 Å². The summed E-state index contributed by atoms with van der Waals surface area (Å²) in [7, 11) is 1.64. The van der Waals surface area contributed by atoms with Crippen LogP contribution in [-0.4, -0.2) is 37.7 Å². The largest absolute Gasteiger partial charge is 0.368 e. The number of amides is 1. The van der Waals surface area contributed by atoms with Crippen molar-refractivity contribution in [3.05, 3.63) is 0 Å². The molecule has 2 unspecified atom stereocenters. The first-order valence-electron chi connectivity index (χ1n) is 5.75. The molecule has 0 radical (unpaired) electrons. The summed E-state index contributed by atoms with van der Waals surface area (Å²) in [4.78, 5) is 12.1. The van der Waals surface area contributed by atoms with Gasteiger partial charge in [-0.05, 0) is 38.3 Å². The summed E-state index contributed by atoms with van der Waals surface area (Å²) in [6.07, 6.45) is 2.66. The van der Waals surface area contributed by atoms with E-state index in [0.717, 1.165) is 32.4 Å². The molecule has 1 saturated carbocycles. The highest BCUT2D eigenvalue weighted by Crippen LogP contribution is 2.31. The molecule has 0 aromatic carbocycles. The lowest BCUT2D eigenvalue weighted by atomic mass is 9.91. The van der Waals surface area contributed by atoms with E-state index in [1.807, 2.05) is 0 Å². The van der Waals surface area contributed by atoms with E-state index in [4.69, 9.17) is 4.74 Å². The molecule has 0 aromatic heterocycles. The molecule has 2 N–H and O–H groups in total. The Morgan fingerprint density at radius 1 is 1.47 bits per heavy atom. The van der Waals surface area contributed by atoms with Gasteiger partial charge in [0.2, 0.25) is 0 Å². The Labute approximate surface area is 90.8 Å². The number of carbonyl (C=O) groups excluding carboxylic acids is 1. The van der Waals surface area contributed by atoms with Crippen LogP contribution in [0, 0.1) is 5.92 Å². The topological polar surface area (TPSA) is 50.4 Å². The van der Waals surface area contributed by atoms with E-state index in [1.54, 1.807) is 7.11 Å². The van der Waals surface area contributed by atoms with Crippen LogP contribution in [0.5, 0.6) is 0 Å². The zero-order valence-electron chi connectivity index (χ0n) is 9.51. The third kappa shape index (κ3) is 2.16. The van der Waals surface area contributed by atoms with Crippen LogP contribution in [0.3, 0.4) is 0 Å². The maximum Gasteiger partial charge on any atom is 0.252 e. The molecule has 86 valence electrons. The summed E-state index contributed by atoms with van der Waals surface area (Å²) in [6.45, 7) is 3.88. The Morgan fingerprint density at radius 3 is 2.53 bits per heavy atom. The molecule has 1 aliphatic carbocycles.